The predicted octanol–water partition coefficient (Wildman–Crippen LogP) is 4.56. The minimum atomic E-state index is -0.266. The van der Waals surface area contributed by atoms with Gasteiger partial charge >= 0.3 is 0 Å². The lowest BCUT2D eigenvalue weighted by Gasteiger charge is -2.11. The Hall–Kier alpha value is -1.58. The molecule has 0 aliphatic rings. The Kier molecular flexibility index (Phi) is 5.59. The Balaban J connectivity index is 1.97. The predicted molar refractivity (Wildman–Crippen MR) is 84.2 cm³/mol. The minimum absolute atomic E-state index is 0.266. The van der Waals surface area contributed by atoms with Crippen LogP contribution in [0.15, 0.2) is 42.5 Å². The van der Waals surface area contributed by atoms with Crippen molar-refractivity contribution in [3.05, 3.63) is 64.4 Å². The van der Waals surface area contributed by atoms with E-state index in [9.17, 15) is 4.39 Å². The van der Waals surface area contributed by atoms with E-state index in [0.717, 1.165) is 17.7 Å². The van der Waals surface area contributed by atoms with Crippen LogP contribution in [0, 0.1) is 5.82 Å². The summed E-state index contributed by atoms with van der Waals surface area (Å²) in [6.07, 6.45) is 0. The van der Waals surface area contributed by atoms with Gasteiger partial charge in [0.1, 0.15) is 18.2 Å². The smallest absolute Gasteiger partial charge is 0.138 e. The van der Waals surface area contributed by atoms with E-state index >= 15 is 0 Å². The van der Waals surface area contributed by atoms with Crippen molar-refractivity contribution in [3.63, 3.8) is 0 Å². The van der Waals surface area contributed by atoms with Crippen LogP contribution < -0.4 is 10.1 Å². The molecule has 0 saturated heterocycles. The number of ether oxygens (including phenoxy) is 1. The van der Waals surface area contributed by atoms with Crippen LogP contribution in [0.5, 0.6) is 5.75 Å². The van der Waals surface area contributed by atoms with Crippen LogP contribution >= 0.6 is 11.6 Å². The van der Waals surface area contributed by atoms with Crippen molar-refractivity contribution < 1.29 is 9.13 Å². The molecule has 1 N–H and O–H groups in total. The van der Waals surface area contributed by atoms with Crippen LogP contribution in [0.3, 0.4) is 0 Å². The van der Waals surface area contributed by atoms with Gasteiger partial charge in [0.15, 0.2) is 0 Å². The summed E-state index contributed by atoms with van der Waals surface area (Å²) in [5, 5.41) is 3.90. The molecule has 0 unspecified atom stereocenters. The van der Waals surface area contributed by atoms with Crippen LogP contribution in [0.4, 0.5) is 4.39 Å². The first kappa shape index (κ1) is 15.8. The second kappa shape index (κ2) is 7.43. The average Bonchev–Trinajstić information content (AvgIpc) is 2.44. The molecule has 0 amide bonds. The fourth-order valence-corrected chi connectivity index (χ4v) is 2.14. The molecule has 0 spiro atoms. The summed E-state index contributed by atoms with van der Waals surface area (Å²) >= 11 is 6.22. The third-order valence-electron chi connectivity index (χ3n) is 2.99. The highest BCUT2D eigenvalue weighted by Crippen LogP contribution is 2.26. The fourth-order valence-electron chi connectivity index (χ4n) is 1.88. The zero-order valence-corrected chi connectivity index (χ0v) is 13.0. The molecule has 2 rings (SSSR count). The molecule has 4 heteroatoms. The Morgan fingerprint density at radius 2 is 1.95 bits per heavy atom. The number of nitrogens with one attached hydrogen (secondary N) is 1. The van der Waals surface area contributed by atoms with Crippen molar-refractivity contribution in [2.24, 2.45) is 0 Å². The molecule has 0 bridgehead atoms. The summed E-state index contributed by atoms with van der Waals surface area (Å²) < 4.78 is 18.7. The van der Waals surface area contributed by atoms with Gasteiger partial charge in [0.25, 0.3) is 0 Å². The molecule has 2 aromatic rings. The minimum Gasteiger partial charge on any atom is -0.487 e. The second-order valence-electron chi connectivity index (χ2n) is 5.22. The maximum absolute atomic E-state index is 13.1. The Bertz CT molecular complexity index is 601. The molecule has 0 aliphatic heterocycles. The van der Waals surface area contributed by atoms with E-state index in [-0.39, 0.29) is 5.82 Å². The maximum Gasteiger partial charge on any atom is 0.138 e. The van der Waals surface area contributed by atoms with Crippen molar-refractivity contribution in [2.45, 2.75) is 33.0 Å². The first-order chi connectivity index (χ1) is 10.0. The van der Waals surface area contributed by atoms with Gasteiger partial charge in [-0.05, 0) is 35.4 Å². The summed E-state index contributed by atoms with van der Waals surface area (Å²) in [4.78, 5) is 0. The molecule has 112 valence electrons. The lowest BCUT2D eigenvalue weighted by molar-refractivity contribution is 0.305. The molecular formula is C17H19ClFNO. The molecule has 0 radical (unpaired) electrons. The zero-order valence-electron chi connectivity index (χ0n) is 12.2. The first-order valence-electron chi connectivity index (χ1n) is 6.93. The fraction of sp³-hybridized carbons (Fsp3) is 0.294. The van der Waals surface area contributed by atoms with Gasteiger partial charge in [-0.15, -0.1) is 0 Å². The van der Waals surface area contributed by atoms with Gasteiger partial charge < -0.3 is 10.1 Å². The molecule has 0 aromatic heterocycles. The number of benzene rings is 2. The van der Waals surface area contributed by atoms with E-state index in [1.165, 1.54) is 12.1 Å². The number of rotatable bonds is 6. The number of hydrogen-bond donors (Lipinski definition) is 1. The molecule has 0 fully saturated rings. The summed E-state index contributed by atoms with van der Waals surface area (Å²) in [5.41, 5.74) is 1.88. The highest BCUT2D eigenvalue weighted by Gasteiger charge is 2.05. The molecule has 0 atom stereocenters. The van der Waals surface area contributed by atoms with Gasteiger partial charge in [0.05, 0.1) is 5.02 Å². The van der Waals surface area contributed by atoms with Gasteiger partial charge in [-0.25, -0.2) is 4.39 Å². The lowest BCUT2D eigenvalue weighted by Crippen LogP contribution is -2.21. The van der Waals surface area contributed by atoms with Gasteiger partial charge in [-0.3, -0.25) is 0 Å². The standard InChI is InChI=1S/C17H19ClFNO/c1-12(2)20-10-13-6-7-17(16(18)9-13)21-11-14-4-3-5-15(19)8-14/h3-9,12,20H,10-11H2,1-2H3. The van der Waals surface area contributed by atoms with E-state index in [1.54, 1.807) is 6.07 Å². The summed E-state index contributed by atoms with van der Waals surface area (Å²) in [6.45, 7) is 5.25. The van der Waals surface area contributed by atoms with Crippen molar-refractivity contribution in [1.29, 1.82) is 0 Å². The van der Waals surface area contributed by atoms with Gasteiger partial charge in [0, 0.05) is 12.6 Å². The van der Waals surface area contributed by atoms with Crippen molar-refractivity contribution in [3.8, 4) is 5.75 Å². The Labute approximate surface area is 129 Å². The van der Waals surface area contributed by atoms with Crippen molar-refractivity contribution >= 4 is 11.6 Å². The third-order valence-corrected chi connectivity index (χ3v) is 3.29. The van der Waals surface area contributed by atoms with Crippen LogP contribution in [0.25, 0.3) is 0 Å². The van der Waals surface area contributed by atoms with E-state index in [4.69, 9.17) is 16.3 Å². The van der Waals surface area contributed by atoms with Gasteiger partial charge in [-0.2, -0.15) is 0 Å². The zero-order chi connectivity index (χ0) is 15.2. The quantitative estimate of drug-likeness (QED) is 0.845. The van der Waals surface area contributed by atoms with E-state index < -0.39 is 0 Å². The lowest BCUT2D eigenvalue weighted by atomic mass is 10.2. The second-order valence-corrected chi connectivity index (χ2v) is 5.63. The van der Waals surface area contributed by atoms with Gasteiger partial charge in [-0.1, -0.05) is 43.6 Å². The molecule has 0 heterocycles. The molecular weight excluding hydrogens is 289 g/mol. The van der Waals surface area contributed by atoms with Gasteiger partial charge in [0.2, 0.25) is 0 Å². The van der Waals surface area contributed by atoms with Crippen molar-refractivity contribution in [2.75, 3.05) is 0 Å². The average molecular weight is 308 g/mol. The monoisotopic (exact) mass is 307 g/mol. The summed E-state index contributed by atoms with van der Waals surface area (Å²) in [5.74, 6) is 0.339. The topological polar surface area (TPSA) is 21.3 Å². The first-order valence-corrected chi connectivity index (χ1v) is 7.31. The normalized spacial score (nSPS) is 10.9. The summed E-state index contributed by atoms with van der Waals surface area (Å²) in [7, 11) is 0. The van der Waals surface area contributed by atoms with E-state index in [2.05, 4.69) is 19.2 Å². The molecule has 0 aliphatic carbocycles. The molecule has 2 aromatic carbocycles. The molecule has 0 saturated carbocycles. The van der Waals surface area contributed by atoms with Crippen LogP contribution in [-0.2, 0) is 13.2 Å². The van der Waals surface area contributed by atoms with E-state index in [0.29, 0.717) is 23.4 Å². The van der Waals surface area contributed by atoms with Crippen LogP contribution in [0.2, 0.25) is 5.02 Å². The summed E-state index contributed by atoms with van der Waals surface area (Å²) in [6, 6.07) is 12.5. The highest BCUT2D eigenvalue weighted by molar-refractivity contribution is 6.32. The number of hydrogen-bond acceptors (Lipinski definition) is 2. The van der Waals surface area contributed by atoms with E-state index in [1.807, 2.05) is 24.3 Å². The largest absolute Gasteiger partial charge is 0.487 e. The molecule has 2 nitrogen and oxygen atoms in total. The number of halogens is 2. The molecule has 21 heavy (non-hydrogen) atoms. The maximum atomic E-state index is 13.1. The van der Waals surface area contributed by atoms with Crippen LogP contribution in [-0.4, -0.2) is 6.04 Å². The Morgan fingerprint density at radius 3 is 2.62 bits per heavy atom. The SMILES string of the molecule is CC(C)NCc1ccc(OCc2cccc(F)c2)c(Cl)c1. The van der Waals surface area contributed by atoms with Crippen LogP contribution in [0.1, 0.15) is 25.0 Å². The van der Waals surface area contributed by atoms with Crippen molar-refractivity contribution in [1.82, 2.24) is 5.32 Å². The Morgan fingerprint density at radius 1 is 1.14 bits per heavy atom. The third kappa shape index (κ3) is 5.03. The highest BCUT2D eigenvalue weighted by atomic mass is 35.5.